The molecule has 479 valence electrons. The van der Waals surface area contributed by atoms with Gasteiger partial charge in [-0.15, -0.1) is 57.3 Å². The predicted octanol–water partition coefficient (Wildman–Crippen LogP) is 23.9. The first-order valence-corrected chi connectivity index (χ1v) is 33.9. The number of aliphatic hydroxyl groups is 1. The van der Waals surface area contributed by atoms with Crippen LogP contribution < -0.4 is 0 Å². The molecule has 8 aromatic carbocycles. The van der Waals surface area contributed by atoms with Crippen LogP contribution in [0.25, 0.3) is 87.1 Å². The molecular formula is C86H102IrN2O2-2. The molecule has 12 rings (SSSR count). The van der Waals surface area contributed by atoms with Crippen molar-refractivity contribution in [2.75, 3.05) is 0 Å². The first-order valence-electron chi connectivity index (χ1n) is 34.9. The largest absolute Gasteiger partial charge is 0.512 e. The van der Waals surface area contributed by atoms with E-state index < -0.39 is 0 Å². The van der Waals surface area contributed by atoms with Gasteiger partial charge in [-0.1, -0.05) is 231 Å². The zero-order valence-electron chi connectivity index (χ0n) is 60.5. The Morgan fingerprint density at radius 1 is 0.484 bits per heavy atom. The number of allylic oxidation sites excluding steroid dienone is 2. The van der Waals surface area contributed by atoms with E-state index in [4.69, 9.17) is 12.7 Å². The van der Waals surface area contributed by atoms with Gasteiger partial charge in [0.25, 0.3) is 0 Å². The number of carbonyl (C=O) groups excluding carboxylic acids is 1. The minimum absolute atomic E-state index is 0. The van der Waals surface area contributed by atoms with Crippen molar-refractivity contribution in [3.8, 4) is 22.5 Å². The number of carbonyl (C=O) groups is 1. The minimum Gasteiger partial charge on any atom is -0.512 e. The normalized spacial score (nSPS) is 13.7. The Bertz CT molecular complexity index is 4520. The first-order chi connectivity index (χ1) is 43.3. The van der Waals surface area contributed by atoms with Crippen molar-refractivity contribution in [1.82, 2.24) is 9.97 Å². The summed E-state index contributed by atoms with van der Waals surface area (Å²) < 4.78 is 17.4. The standard InChI is InChI=1S/C35H36N.C34H34N.C17H32O2.Ir/c1-21-11-12-25-23(15-21)16-30-29(31(25)20-35(5,6)7)18-24-17-28-22(19-34(2,3)4)9-8-10-26(28)27-13-14-36-33(30)32(24)27;1-33(2,3)19-22-11-9-13-25-26-14-15-35-32-29-16-21-10-7-8-12-24(21)30(20-34(4,5)6)28(29)18-23(31(26)32)17-27(22)25;1-7-16(8-2,9-3)14(18)13-15(19)17(10-4,11-5)12-6;/h8-15,17H,18-20H2,1-7H3;7-15,17H,18-20H2,1-6H3;13,18H,7-12H2,1-6H3;/q2*-1;;/b;;14-13-;/i14D;15D;;. The van der Waals surface area contributed by atoms with Crippen molar-refractivity contribution in [1.29, 1.82) is 0 Å². The summed E-state index contributed by atoms with van der Waals surface area (Å²) in [5.74, 6) is 0.377. The number of nitrogens with zero attached hydrogens (tertiary/aromatic N) is 2. The summed E-state index contributed by atoms with van der Waals surface area (Å²) in [6, 6.07) is 45.1. The summed E-state index contributed by atoms with van der Waals surface area (Å²) >= 11 is 0. The van der Waals surface area contributed by atoms with Crippen LogP contribution in [0.4, 0.5) is 0 Å². The van der Waals surface area contributed by atoms with Crippen LogP contribution in [-0.4, -0.2) is 20.9 Å². The van der Waals surface area contributed by atoms with Crippen LogP contribution in [0, 0.1) is 51.5 Å². The van der Waals surface area contributed by atoms with E-state index in [0.717, 1.165) is 121 Å². The van der Waals surface area contributed by atoms with Gasteiger partial charge in [-0.2, -0.15) is 0 Å². The van der Waals surface area contributed by atoms with Gasteiger partial charge in [0.15, 0.2) is 5.78 Å². The Labute approximate surface area is 562 Å². The van der Waals surface area contributed by atoms with Crippen LogP contribution in [0.5, 0.6) is 0 Å². The molecule has 0 aliphatic heterocycles. The molecule has 0 unspecified atom stereocenters. The monoisotopic (exact) mass is 1390 g/mol. The third-order valence-corrected chi connectivity index (χ3v) is 20.1. The molecule has 0 bridgehead atoms. The van der Waals surface area contributed by atoms with Crippen molar-refractivity contribution in [2.45, 2.75) is 209 Å². The molecule has 1 radical (unpaired) electrons. The third-order valence-electron chi connectivity index (χ3n) is 20.1. The number of benzene rings is 8. The van der Waals surface area contributed by atoms with E-state index in [1.165, 1.54) is 99.2 Å². The van der Waals surface area contributed by atoms with Gasteiger partial charge >= 0.3 is 0 Å². The number of hydrogen-bond acceptors (Lipinski definition) is 4. The van der Waals surface area contributed by atoms with Crippen LogP contribution >= 0.6 is 0 Å². The summed E-state index contributed by atoms with van der Waals surface area (Å²) in [6.07, 6.45) is 13.1. The second-order valence-electron chi connectivity index (χ2n) is 31.5. The molecular weight excluding hydrogens is 1290 g/mol. The number of hydrogen-bond donors (Lipinski definition) is 1. The van der Waals surface area contributed by atoms with Gasteiger partial charge in [0, 0.05) is 60.7 Å². The number of aryl methyl sites for hydroxylation is 1. The smallest absolute Gasteiger partial charge is 0.165 e. The molecule has 2 aliphatic carbocycles. The van der Waals surface area contributed by atoms with E-state index in [-0.39, 0.29) is 64.1 Å². The van der Waals surface area contributed by atoms with Gasteiger partial charge in [-0.3, -0.25) is 14.8 Å². The molecule has 0 spiro atoms. The molecule has 2 heterocycles. The molecule has 0 saturated heterocycles. The van der Waals surface area contributed by atoms with E-state index in [1.54, 1.807) is 0 Å². The molecule has 91 heavy (non-hydrogen) atoms. The molecule has 5 heteroatoms. The Hall–Kier alpha value is -6.52. The van der Waals surface area contributed by atoms with Crippen molar-refractivity contribution in [3.05, 3.63) is 190 Å². The Balaban J connectivity index is 0.000000173. The summed E-state index contributed by atoms with van der Waals surface area (Å²) in [4.78, 5) is 22.2. The number of rotatable bonds is 13. The number of aliphatic hydroxyl groups excluding tert-OH is 1. The molecule has 0 amide bonds. The van der Waals surface area contributed by atoms with Crippen LogP contribution in [0.1, 0.15) is 216 Å². The summed E-state index contributed by atoms with van der Waals surface area (Å²) in [5.41, 5.74) is 16.4. The van der Waals surface area contributed by atoms with Gasteiger partial charge in [0.05, 0.1) is 2.74 Å². The number of ketones is 1. The van der Waals surface area contributed by atoms with E-state index in [9.17, 15) is 9.90 Å². The maximum Gasteiger partial charge on any atom is 0.165 e. The number of pyridine rings is 2. The zero-order chi connectivity index (χ0) is 66.8. The topological polar surface area (TPSA) is 63.1 Å². The SMILES string of the molecule is CCC(CC)(CC)C(=O)/C=C(\O)C(CC)(CC)CC.[2H]c1cc2c3c(cc4c(CC(C)(C)C)cccc42)Cc2c([c-]c4cc(C)ccc4c2CC(C)(C)C)-c3n1.[2H]c1cc2c3c(cc4c(CC(C)(C)C)cccc42)Cc2c([c-]c4ccccc4c2CC(C)(C)C)-c3n1.[Ir]. The van der Waals surface area contributed by atoms with E-state index in [1.807, 2.05) is 12.1 Å². The summed E-state index contributed by atoms with van der Waals surface area (Å²) in [7, 11) is 0. The molecule has 2 aromatic heterocycles. The van der Waals surface area contributed by atoms with E-state index in [0.29, 0.717) is 12.3 Å². The number of fused-ring (bicyclic) bond motifs is 10. The molecule has 2 aliphatic rings. The van der Waals surface area contributed by atoms with E-state index in [2.05, 4.69) is 235 Å². The van der Waals surface area contributed by atoms with Gasteiger partial charge < -0.3 is 5.11 Å². The van der Waals surface area contributed by atoms with Crippen LogP contribution in [0.3, 0.4) is 0 Å². The van der Waals surface area contributed by atoms with Crippen molar-refractivity contribution >= 4 is 70.4 Å². The molecule has 4 nitrogen and oxygen atoms in total. The van der Waals surface area contributed by atoms with Crippen LogP contribution in [0.15, 0.2) is 127 Å². The Morgan fingerprint density at radius 3 is 1.32 bits per heavy atom. The third kappa shape index (κ3) is 13.9. The van der Waals surface area contributed by atoms with Gasteiger partial charge in [0.1, 0.15) is 5.76 Å². The summed E-state index contributed by atoms with van der Waals surface area (Å²) in [6.45, 7) is 42.3. The number of aromatic nitrogens is 2. The van der Waals surface area contributed by atoms with Crippen LogP contribution in [0.2, 0.25) is 0 Å². The van der Waals surface area contributed by atoms with Crippen molar-refractivity contribution in [2.24, 2.45) is 32.5 Å². The first kappa shape index (κ1) is 66.0. The average Bonchev–Trinajstić information content (AvgIpc) is 0.722. The molecule has 0 saturated carbocycles. The second kappa shape index (κ2) is 26.5. The predicted molar refractivity (Wildman–Crippen MR) is 387 cm³/mol. The Kier molecular flexibility index (Phi) is 19.2. The van der Waals surface area contributed by atoms with Crippen LogP contribution in [-0.2, 0) is 63.4 Å². The maximum atomic E-state index is 12.5. The zero-order valence-corrected chi connectivity index (χ0v) is 60.9. The van der Waals surface area contributed by atoms with Gasteiger partial charge in [0.2, 0.25) is 0 Å². The maximum absolute atomic E-state index is 12.5. The van der Waals surface area contributed by atoms with Gasteiger partial charge in [-0.05, 0) is 183 Å². The van der Waals surface area contributed by atoms with Gasteiger partial charge in [-0.25, -0.2) is 0 Å². The molecule has 1 N–H and O–H groups in total. The minimum atomic E-state index is -0.297. The molecule has 0 fully saturated rings. The fourth-order valence-corrected chi connectivity index (χ4v) is 15.1. The van der Waals surface area contributed by atoms with Crippen molar-refractivity contribution in [3.63, 3.8) is 0 Å². The summed E-state index contributed by atoms with van der Waals surface area (Å²) in [5, 5.41) is 25.1. The second-order valence-corrected chi connectivity index (χ2v) is 31.5. The fourth-order valence-electron chi connectivity index (χ4n) is 15.1. The molecule has 10 aromatic rings. The molecule has 0 atom stereocenters. The van der Waals surface area contributed by atoms with E-state index >= 15 is 0 Å². The fraction of sp³-hybridized carbons (Fsp3) is 0.430. The quantitative estimate of drug-likeness (QED) is 0.0541. The average molecular weight is 1390 g/mol. The Morgan fingerprint density at radius 2 is 0.890 bits per heavy atom. The van der Waals surface area contributed by atoms with Crippen molar-refractivity contribution < 1.29 is 32.7 Å².